The van der Waals surface area contributed by atoms with E-state index in [1.165, 1.54) is 6.07 Å². The van der Waals surface area contributed by atoms with E-state index in [0.717, 1.165) is 22.3 Å². The summed E-state index contributed by atoms with van der Waals surface area (Å²) < 4.78 is 16.8. The van der Waals surface area contributed by atoms with E-state index in [9.17, 15) is 19.5 Å². The van der Waals surface area contributed by atoms with E-state index in [0.29, 0.717) is 18.4 Å². The molecule has 2 amide bonds. The van der Waals surface area contributed by atoms with Crippen LogP contribution in [0.4, 0.5) is 15.3 Å². The number of hydrogen-bond acceptors (Lipinski definition) is 7. The number of nitrogens with zero attached hydrogens (tertiary/aromatic N) is 1. The highest BCUT2D eigenvalue weighted by molar-refractivity contribution is 6.02. The van der Waals surface area contributed by atoms with Crippen molar-refractivity contribution >= 4 is 34.7 Å². The van der Waals surface area contributed by atoms with Gasteiger partial charge in [-0.2, -0.15) is 0 Å². The standard InChI is InChI=1S/C33H33N3O7/c1-33(2,3)43-31(39)34-16-9-17-41-28-18-27(30(37)38)35-29-24(28)14-8-15-26(29)36-32(40)42-19-25-22-12-6-4-10-20(22)21-11-5-7-13-23(21)25/h4-8,10-15,18,25H,9,16-17,19H2,1-3H3,(H,34,39)(H,36,40)(H,37,38). The minimum atomic E-state index is -1.24. The van der Waals surface area contributed by atoms with Gasteiger partial charge in [0.15, 0.2) is 5.69 Å². The highest BCUT2D eigenvalue weighted by Gasteiger charge is 2.29. The Morgan fingerprint density at radius 1 is 0.907 bits per heavy atom. The van der Waals surface area contributed by atoms with Gasteiger partial charge < -0.3 is 24.6 Å². The summed E-state index contributed by atoms with van der Waals surface area (Å²) in [6, 6.07) is 22.5. The van der Waals surface area contributed by atoms with E-state index in [2.05, 4.69) is 27.8 Å². The maximum Gasteiger partial charge on any atom is 0.411 e. The third-order valence-corrected chi connectivity index (χ3v) is 6.85. The number of carbonyl (C=O) groups excluding carboxylic acids is 2. The number of hydrogen-bond donors (Lipinski definition) is 3. The average Bonchev–Trinajstić information content (AvgIpc) is 3.28. The summed E-state index contributed by atoms with van der Waals surface area (Å²) in [4.78, 5) is 40.9. The summed E-state index contributed by atoms with van der Waals surface area (Å²) >= 11 is 0. The van der Waals surface area contributed by atoms with Crippen molar-refractivity contribution in [3.8, 4) is 16.9 Å². The summed E-state index contributed by atoms with van der Waals surface area (Å²) in [6.07, 6.45) is -0.769. The summed E-state index contributed by atoms with van der Waals surface area (Å²) in [5.41, 5.74) is 4.13. The molecule has 3 aromatic carbocycles. The van der Waals surface area contributed by atoms with Gasteiger partial charge in [-0.05, 0) is 61.6 Å². The molecule has 0 bridgehead atoms. The number of carbonyl (C=O) groups is 3. The normalized spacial score (nSPS) is 12.3. The van der Waals surface area contributed by atoms with Gasteiger partial charge in [-0.25, -0.2) is 19.4 Å². The van der Waals surface area contributed by atoms with Crippen LogP contribution in [0.1, 0.15) is 54.7 Å². The molecule has 3 N–H and O–H groups in total. The van der Waals surface area contributed by atoms with Crippen molar-refractivity contribution in [2.75, 3.05) is 25.1 Å². The topological polar surface area (TPSA) is 136 Å². The number of aromatic nitrogens is 1. The molecule has 0 saturated carbocycles. The van der Waals surface area contributed by atoms with Crippen LogP contribution in [0.25, 0.3) is 22.0 Å². The number of fused-ring (bicyclic) bond motifs is 4. The van der Waals surface area contributed by atoms with Crippen molar-refractivity contribution in [1.29, 1.82) is 0 Å². The smallest absolute Gasteiger partial charge is 0.411 e. The Hall–Kier alpha value is -5.12. The van der Waals surface area contributed by atoms with Crippen LogP contribution in [0, 0.1) is 0 Å². The second-order valence-electron chi connectivity index (χ2n) is 11.1. The number of pyridine rings is 1. The van der Waals surface area contributed by atoms with Crippen molar-refractivity contribution < 1.29 is 33.7 Å². The molecule has 43 heavy (non-hydrogen) atoms. The lowest BCUT2D eigenvalue weighted by Crippen LogP contribution is -2.33. The zero-order valence-corrected chi connectivity index (χ0v) is 24.2. The number of nitrogens with one attached hydrogen (secondary N) is 2. The molecule has 0 unspecified atom stereocenters. The number of ether oxygens (including phenoxy) is 3. The number of anilines is 1. The van der Waals surface area contributed by atoms with E-state index >= 15 is 0 Å². The fraction of sp³-hybridized carbons (Fsp3) is 0.273. The summed E-state index contributed by atoms with van der Waals surface area (Å²) in [6.45, 7) is 5.96. The Kier molecular flexibility index (Phi) is 8.47. The van der Waals surface area contributed by atoms with Crippen LogP contribution in [-0.2, 0) is 9.47 Å². The summed E-state index contributed by atoms with van der Waals surface area (Å²) in [5, 5.41) is 15.6. The maximum atomic E-state index is 13.0. The van der Waals surface area contributed by atoms with E-state index < -0.39 is 23.8 Å². The number of aromatic carboxylic acids is 1. The van der Waals surface area contributed by atoms with Crippen LogP contribution >= 0.6 is 0 Å². The first kappa shape index (κ1) is 29.4. The predicted octanol–water partition coefficient (Wildman–Crippen LogP) is 6.59. The zero-order valence-electron chi connectivity index (χ0n) is 24.2. The summed E-state index contributed by atoms with van der Waals surface area (Å²) in [7, 11) is 0. The lowest BCUT2D eigenvalue weighted by atomic mass is 9.98. The molecule has 0 spiro atoms. The van der Waals surface area contributed by atoms with E-state index in [-0.39, 0.29) is 41.8 Å². The van der Waals surface area contributed by atoms with Crippen LogP contribution in [0.3, 0.4) is 0 Å². The molecular weight excluding hydrogens is 550 g/mol. The molecule has 222 valence electrons. The van der Waals surface area contributed by atoms with Gasteiger partial charge >= 0.3 is 18.2 Å². The molecule has 10 heteroatoms. The van der Waals surface area contributed by atoms with Gasteiger partial charge in [-0.15, -0.1) is 0 Å². The van der Waals surface area contributed by atoms with Gasteiger partial charge in [0.1, 0.15) is 18.0 Å². The van der Waals surface area contributed by atoms with Crippen molar-refractivity contribution in [2.45, 2.75) is 38.7 Å². The van der Waals surface area contributed by atoms with E-state index in [1.807, 2.05) is 36.4 Å². The first-order valence-electron chi connectivity index (χ1n) is 14.0. The summed E-state index contributed by atoms with van der Waals surface area (Å²) in [5.74, 6) is -1.06. The number of amides is 2. The number of para-hydroxylation sites is 1. The van der Waals surface area contributed by atoms with Crippen molar-refractivity contribution in [1.82, 2.24) is 10.3 Å². The Labute approximate surface area is 249 Å². The molecule has 4 aromatic rings. The molecule has 0 aliphatic heterocycles. The number of carboxylic acid groups (broad SMARTS) is 1. The van der Waals surface area contributed by atoms with Crippen LogP contribution in [-0.4, -0.2) is 53.6 Å². The van der Waals surface area contributed by atoms with Gasteiger partial charge in [0.2, 0.25) is 0 Å². The molecule has 1 aromatic heterocycles. The fourth-order valence-electron chi connectivity index (χ4n) is 5.05. The minimum Gasteiger partial charge on any atom is -0.493 e. The Morgan fingerprint density at radius 3 is 2.23 bits per heavy atom. The molecule has 1 heterocycles. The largest absolute Gasteiger partial charge is 0.493 e. The van der Waals surface area contributed by atoms with Crippen LogP contribution in [0.5, 0.6) is 5.75 Å². The van der Waals surface area contributed by atoms with Gasteiger partial charge in [0.25, 0.3) is 0 Å². The Balaban J connectivity index is 1.27. The molecule has 10 nitrogen and oxygen atoms in total. The SMILES string of the molecule is CC(C)(C)OC(=O)NCCCOc1cc(C(=O)O)nc2c(NC(=O)OCC3c4ccccc4-c4ccccc43)cccc12. The molecule has 0 atom stereocenters. The Morgan fingerprint density at radius 2 is 1.58 bits per heavy atom. The molecule has 0 fully saturated rings. The number of alkyl carbamates (subject to hydrolysis) is 1. The number of carboxylic acids is 1. The highest BCUT2D eigenvalue weighted by Crippen LogP contribution is 2.44. The van der Waals surface area contributed by atoms with Crippen LogP contribution in [0.2, 0.25) is 0 Å². The van der Waals surface area contributed by atoms with Crippen LogP contribution in [0.15, 0.2) is 72.8 Å². The minimum absolute atomic E-state index is 0.104. The quantitative estimate of drug-likeness (QED) is 0.188. The molecule has 1 aliphatic rings. The monoisotopic (exact) mass is 583 g/mol. The average molecular weight is 584 g/mol. The predicted molar refractivity (Wildman–Crippen MR) is 162 cm³/mol. The van der Waals surface area contributed by atoms with Crippen molar-refractivity contribution in [3.63, 3.8) is 0 Å². The number of benzene rings is 3. The third kappa shape index (κ3) is 6.86. The molecular formula is C33H33N3O7. The highest BCUT2D eigenvalue weighted by atomic mass is 16.6. The van der Waals surface area contributed by atoms with E-state index in [4.69, 9.17) is 14.2 Å². The van der Waals surface area contributed by atoms with E-state index in [1.54, 1.807) is 39.0 Å². The lowest BCUT2D eigenvalue weighted by Gasteiger charge is -2.19. The Bertz CT molecular complexity index is 1630. The van der Waals surface area contributed by atoms with Gasteiger partial charge in [0.05, 0.1) is 17.8 Å². The molecule has 5 rings (SSSR count). The second-order valence-corrected chi connectivity index (χ2v) is 11.1. The van der Waals surface area contributed by atoms with Crippen molar-refractivity contribution in [3.05, 3.63) is 89.6 Å². The number of rotatable bonds is 9. The fourth-order valence-corrected chi connectivity index (χ4v) is 5.05. The van der Waals surface area contributed by atoms with Gasteiger partial charge in [0, 0.05) is 23.9 Å². The second kappa shape index (κ2) is 12.4. The zero-order chi connectivity index (χ0) is 30.6. The van der Waals surface area contributed by atoms with Gasteiger partial charge in [-0.1, -0.05) is 54.6 Å². The van der Waals surface area contributed by atoms with Crippen LogP contribution < -0.4 is 15.4 Å². The lowest BCUT2D eigenvalue weighted by molar-refractivity contribution is 0.0524. The first-order valence-corrected chi connectivity index (χ1v) is 14.0. The maximum absolute atomic E-state index is 13.0. The molecule has 0 radical (unpaired) electrons. The first-order chi connectivity index (χ1) is 20.6. The molecule has 0 saturated heterocycles. The third-order valence-electron chi connectivity index (χ3n) is 6.85. The molecule has 1 aliphatic carbocycles. The van der Waals surface area contributed by atoms with Crippen molar-refractivity contribution in [2.24, 2.45) is 0 Å². The van der Waals surface area contributed by atoms with Gasteiger partial charge in [-0.3, -0.25) is 5.32 Å².